The van der Waals surface area contributed by atoms with Gasteiger partial charge < -0.3 is 7.06 Å². The predicted octanol–water partition coefficient (Wildman–Crippen LogP) is -4.14. The van der Waals surface area contributed by atoms with E-state index in [4.69, 9.17) is 0 Å². The van der Waals surface area contributed by atoms with Crippen molar-refractivity contribution in [3.05, 3.63) is 0 Å². The molecule has 4 heteroatoms. The Morgan fingerprint density at radius 3 is 1.25 bits per heavy atom. The van der Waals surface area contributed by atoms with Crippen LogP contribution >= 0.6 is 0 Å². The van der Waals surface area contributed by atoms with Crippen molar-refractivity contribution in [1.29, 1.82) is 0 Å². The van der Waals surface area contributed by atoms with Gasteiger partial charge in [-0.05, 0) is 0 Å². The predicted molar refractivity (Wildman–Crippen MR) is 17.3 cm³/mol. The Balaban J connectivity index is 0. The molecule has 6 radical (unpaired) electrons. The van der Waals surface area contributed by atoms with E-state index in [1.54, 1.807) is 0 Å². The minimum atomic E-state index is 0. The van der Waals surface area contributed by atoms with Gasteiger partial charge in [0.1, 0.15) is 0 Å². The normalized spacial score (nSPS) is 4.00. The zero-order valence-corrected chi connectivity index (χ0v) is 4.73. The first-order chi connectivity index (χ1) is 1.41. The minimum absolute atomic E-state index is 0. The van der Waals surface area contributed by atoms with Crippen molar-refractivity contribution < 1.29 is 29.6 Å². The van der Waals surface area contributed by atoms with Crippen LogP contribution in [0.25, 0.3) is 0 Å². The van der Waals surface area contributed by atoms with Gasteiger partial charge in [0.15, 0.2) is 0 Å². The molecule has 0 fully saturated rings. The van der Waals surface area contributed by atoms with E-state index in [2.05, 4.69) is 15.5 Å². The third-order valence-corrected chi connectivity index (χ3v) is 0. The van der Waals surface area contributed by atoms with Crippen molar-refractivity contribution in [2.45, 2.75) is 0 Å². The maximum Gasteiger partial charge on any atom is 1.00 e. The van der Waals surface area contributed by atoms with Gasteiger partial charge >= 0.3 is 29.6 Å². The van der Waals surface area contributed by atoms with E-state index in [0.29, 0.717) is 0 Å². The largest absolute Gasteiger partial charge is 1.00 e. The van der Waals surface area contributed by atoms with Crippen LogP contribution in [-0.2, 0) is 0 Å². The molecule has 0 heterocycles. The van der Waals surface area contributed by atoms with E-state index in [0.717, 1.165) is 7.06 Å². The SMILES string of the molecule is [B][B-][B].[Na+]. The molecule has 0 nitrogen and oxygen atoms in total. The summed E-state index contributed by atoms with van der Waals surface area (Å²) in [5.41, 5.74) is 0. The van der Waals surface area contributed by atoms with Crippen molar-refractivity contribution in [3.63, 3.8) is 0 Å². The Kier molecular flexibility index (Phi) is 19.9. The molecule has 0 unspecified atom stereocenters. The van der Waals surface area contributed by atoms with Crippen LogP contribution in [0, 0.1) is 0 Å². The van der Waals surface area contributed by atoms with Gasteiger partial charge in [-0.25, -0.2) is 0 Å². The van der Waals surface area contributed by atoms with Crippen LogP contribution in [0.1, 0.15) is 0 Å². The van der Waals surface area contributed by atoms with Crippen LogP contribution in [0.3, 0.4) is 0 Å². The van der Waals surface area contributed by atoms with Crippen molar-refractivity contribution in [2.75, 3.05) is 0 Å². The first-order valence-electron chi connectivity index (χ1n) is 0.667. The summed E-state index contributed by atoms with van der Waals surface area (Å²) >= 11 is 0. The monoisotopic (exact) mass is 56.0 g/mol. The fraction of sp³-hybridized carbons (Fsp3) is 0. The molecule has 4 heavy (non-hydrogen) atoms. The Morgan fingerprint density at radius 2 is 1.25 bits per heavy atom. The van der Waals surface area contributed by atoms with Crippen LogP contribution in [0.4, 0.5) is 0 Å². The summed E-state index contributed by atoms with van der Waals surface area (Å²) in [6.07, 6.45) is 0. The average molecular weight is 55.4 g/mol. The molecule has 0 aromatic rings. The molecule has 0 aliphatic rings. The zero-order valence-electron chi connectivity index (χ0n) is 2.73. The van der Waals surface area contributed by atoms with E-state index in [1.165, 1.54) is 0 Å². The third kappa shape index (κ3) is 10.8. The second-order valence-corrected chi connectivity index (χ2v) is 0.192. The maximum atomic E-state index is 4.50. The standard InChI is InChI=1S/B3.Na/c1-3-2;/q-1;+1. The summed E-state index contributed by atoms with van der Waals surface area (Å²) in [6.45, 7) is 0. The van der Waals surface area contributed by atoms with Gasteiger partial charge in [-0.3, -0.25) is 15.5 Å². The Bertz CT molecular complexity index is 3.25. The Morgan fingerprint density at radius 1 is 1.25 bits per heavy atom. The molecule has 0 saturated heterocycles. The van der Waals surface area contributed by atoms with Gasteiger partial charge in [0.2, 0.25) is 0 Å². The summed E-state index contributed by atoms with van der Waals surface area (Å²) in [5.74, 6) is 0. The van der Waals surface area contributed by atoms with Crippen LogP contribution < -0.4 is 29.6 Å². The summed E-state index contributed by atoms with van der Waals surface area (Å²) in [7, 11) is 10.0. The van der Waals surface area contributed by atoms with Crippen molar-refractivity contribution in [1.82, 2.24) is 0 Å². The Labute approximate surface area is 52.0 Å². The van der Waals surface area contributed by atoms with Crippen LogP contribution in [-0.4, -0.2) is 22.5 Å². The number of hydrogen-bond donors (Lipinski definition) is 0. The third-order valence-electron chi connectivity index (χ3n) is 0. The molecular formula is B3Na. The fourth-order valence-electron chi connectivity index (χ4n) is 0. The van der Waals surface area contributed by atoms with Gasteiger partial charge in [0, 0.05) is 0 Å². The fourth-order valence-corrected chi connectivity index (χ4v) is 0. The summed E-state index contributed by atoms with van der Waals surface area (Å²) in [5, 5.41) is 0. The van der Waals surface area contributed by atoms with Crippen LogP contribution in [0.15, 0.2) is 0 Å². The second kappa shape index (κ2) is 8.89. The van der Waals surface area contributed by atoms with Gasteiger partial charge in [-0.15, -0.1) is 0 Å². The average Bonchev–Trinajstić information content (AvgIpc) is 0.918. The van der Waals surface area contributed by atoms with Crippen LogP contribution in [0.5, 0.6) is 0 Å². The van der Waals surface area contributed by atoms with Gasteiger partial charge in [-0.1, -0.05) is 0 Å². The molecule has 0 aliphatic heterocycles. The van der Waals surface area contributed by atoms with E-state index >= 15 is 0 Å². The van der Waals surface area contributed by atoms with Crippen molar-refractivity contribution in [3.8, 4) is 0 Å². The van der Waals surface area contributed by atoms with Gasteiger partial charge in [0.25, 0.3) is 0 Å². The molecular weight excluding hydrogens is 55.4 g/mol. The zero-order chi connectivity index (χ0) is 2.71. The van der Waals surface area contributed by atoms with Gasteiger partial charge in [0.05, 0.1) is 0 Å². The quantitative estimate of drug-likeness (QED) is 0.247. The van der Waals surface area contributed by atoms with E-state index in [-0.39, 0.29) is 29.6 Å². The molecule has 0 atom stereocenters. The summed E-state index contributed by atoms with van der Waals surface area (Å²) in [6, 6.07) is 0. The molecule has 0 rings (SSSR count). The number of hydrogen-bond acceptors (Lipinski definition) is 0. The molecule has 0 aromatic heterocycles. The molecule has 0 amide bonds. The van der Waals surface area contributed by atoms with Crippen LogP contribution in [0.2, 0.25) is 0 Å². The maximum absolute atomic E-state index is 4.50. The second-order valence-electron chi connectivity index (χ2n) is 0.192. The molecule has 0 spiro atoms. The molecule has 0 aliphatic carbocycles. The first kappa shape index (κ1) is 8.96. The molecule has 0 saturated carbocycles. The molecule has 0 N–H and O–H groups in total. The van der Waals surface area contributed by atoms with E-state index in [1.807, 2.05) is 0 Å². The summed E-state index contributed by atoms with van der Waals surface area (Å²) < 4.78 is 0. The minimum Gasteiger partial charge on any atom is -0.452 e. The van der Waals surface area contributed by atoms with Crippen molar-refractivity contribution >= 4 is 22.5 Å². The first-order valence-corrected chi connectivity index (χ1v) is 0.667. The molecule has 0 aromatic carbocycles. The van der Waals surface area contributed by atoms with E-state index in [9.17, 15) is 0 Å². The topological polar surface area (TPSA) is 0 Å². The molecule has 10 valence electrons. The summed E-state index contributed by atoms with van der Waals surface area (Å²) in [4.78, 5) is 0. The number of rotatable bonds is 0. The Hall–Kier alpha value is 1.19. The van der Waals surface area contributed by atoms with E-state index < -0.39 is 0 Å². The smallest absolute Gasteiger partial charge is 0.452 e. The van der Waals surface area contributed by atoms with Gasteiger partial charge in [-0.2, -0.15) is 0 Å². The molecule has 0 bridgehead atoms. The van der Waals surface area contributed by atoms with Crippen molar-refractivity contribution in [2.24, 2.45) is 0 Å².